The Bertz CT molecular complexity index is 841. The predicted octanol–water partition coefficient (Wildman–Crippen LogP) is 0.809. The van der Waals surface area contributed by atoms with Crippen LogP contribution >= 0.6 is 0 Å². The van der Waals surface area contributed by atoms with Gasteiger partial charge in [-0.3, -0.25) is 9.59 Å². The predicted molar refractivity (Wildman–Crippen MR) is 91.9 cm³/mol. The van der Waals surface area contributed by atoms with Crippen LogP contribution in [-0.4, -0.2) is 52.7 Å². The molecular formula is C18H20N4O4. The summed E-state index contributed by atoms with van der Waals surface area (Å²) in [7, 11) is 0. The number of hydrogen-bond donors (Lipinski definition) is 1. The van der Waals surface area contributed by atoms with Crippen molar-refractivity contribution in [3.8, 4) is 11.5 Å². The molecule has 1 saturated heterocycles. The molecule has 2 amide bonds. The number of amides is 2. The number of rotatable bonds is 5. The van der Waals surface area contributed by atoms with Crippen LogP contribution in [0.3, 0.4) is 0 Å². The molecule has 26 heavy (non-hydrogen) atoms. The summed E-state index contributed by atoms with van der Waals surface area (Å²) in [6.45, 7) is 4.20. The first kappa shape index (κ1) is 16.4. The Morgan fingerprint density at radius 3 is 2.85 bits per heavy atom. The van der Waals surface area contributed by atoms with Gasteiger partial charge < -0.3 is 24.3 Å². The van der Waals surface area contributed by atoms with Gasteiger partial charge in [0, 0.05) is 44.1 Å². The second-order valence-corrected chi connectivity index (χ2v) is 6.43. The highest BCUT2D eigenvalue weighted by Crippen LogP contribution is 2.33. The largest absolute Gasteiger partial charge is 0.454 e. The summed E-state index contributed by atoms with van der Waals surface area (Å²) in [6, 6.07) is 5.14. The van der Waals surface area contributed by atoms with Crippen LogP contribution in [0, 0.1) is 12.8 Å². The van der Waals surface area contributed by atoms with Crippen molar-refractivity contribution >= 4 is 11.8 Å². The molecule has 1 aromatic carbocycles. The van der Waals surface area contributed by atoms with Crippen LogP contribution in [0.4, 0.5) is 0 Å². The lowest BCUT2D eigenvalue weighted by molar-refractivity contribution is -0.129. The molecule has 8 nitrogen and oxygen atoms in total. The van der Waals surface area contributed by atoms with Crippen molar-refractivity contribution in [2.24, 2.45) is 5.92 Å². The maximum Gasteiger partial charge on any atom is 0.254 e. The summed E-state index contributed by atoms with van der Waals surface area (Å²) in [5, 5.41) is 2.92. The number of benzene rings is 1. The van der Waals surface area contributed by atoms with Crippen LogP contribution < -0.4 is 14.8 Å². The lowest BCUT2D eigenvalue weighted by atomic mass is 9.97. The molecule has 0 spiro atoms. The normalized spacial score (nSPS) is 15.7. The number of fused-ring (bicyclic) bond motifs is 1. The highest BCUT2D eigenvalue weighted by atomic mass is 16.7. The molecule has 3 heterocycles. The van der Waals surface area contributed by atoms with E-state index in [2.05, 4.69) is 10.3 Å². The highest BCUT2D eigenvalue weighted by Gasteiger charge is 2.36. The number of carbonyl (C=O) groups excluding carboxylic acids is 2. The van der Waals surface area contributed by atoms with Gasteiger partial charge in [-0.15, -0.1) is 0 Å². The van der Waals surface area contributed by atoms with Crippen molar-refractivity contribution in [1.82, 2.24) is 19.8 Å². The van der Waals surface area contributed by atoms with E-state index in [0.29, 0.717) is 43.2 Å². The van der Waals surface area contributed by atoms with Crippen LogP contribution in [0.15, 0.2) is 30.6 Å². The van der Waals surface area contributed by atoms with Crippen molar-refractivity contribution in [3.05, 3.63) is 42.0 Å². The molecule has 1 fully saturated rings. The number of aromatic nitrogens is 2. The summed E-state index contributed by atoms with van der Waals surface area (Å²) in [6.07, 6.45) is 3.62. The van der Waals surface area contributed by atoms with Gasteiger partial charge in [0.15, 0.2) is 11.5 Å². The molecule has 1 aromatic heterocycles. The zero-order valence-electron chi connectivity index (χ0n) is 14.5. The third kappa shape index (κ3) is 3.10. The van der Waals surface area contributed by atoms with E-state index in [0.717, 1.165) is 5.82 Å². The number of likely N-dealkylation sites (tertiary alicyclic amines) is 1. The molecule has 2 aliphatic rings. The van der Waals surface area contributed by atoms with Crippen LogP contribution in [0.25, 0.3) is 0 Å². The van der Waals surface area contributed by atoms with Crippen LogP contribution in [0.5, 0.6) is 11.5 Å². The Labute approximate surface area is 150 Å². The fourth-order valence-corrected chi connectivity index (χ4v) is 3.11. The van der Waals surface area contributed by atoms with Crippen molar-refractivity contribution < 1.29 is 19.1 Å². The Balaban J connectivity index is 1.25. The van der Waals surface area contributed by atoms with E-state index in [9.17, 15) is 9.59 Å². The quantitative estimate of drug-likeness (QED) is 0.857. The second-order valence-electron chi connectivity index (χ2n) is 6.43. The lowest BCUT2D eigenvalue weighted by Gasteiger charge is -2.38. The standard InChI is InChI=1S/C18H20N4O4/c1-12-19-4-6-21(12)7-5-20-17(23)14-9-22(10-14)18(24)13-2-3-15-16(8-13)26-11-25-15/h2-4,6,8,14H,5,7,9-11H2,1H3,(H,20,23). The molecule has 8 heteroatoms. The van der Waals surface area contributed by atoms with Crippen LogP contribution in [-0.2, 0) is 11.3 Å². The molecule has 1 N–H and O–H groups in total. The van der Waals surface area contributed by atoms with Gasteiger partial charge in [-0.05, 0) is 25.1 Å². The molecule has 0 bridgehead atoms. The monoisotopic (exact) mass is 356 g/mol. The van der Waals surface area contributed by atoms with Crippen molar-refractivity contribution in [1.29, 1.82) is 0 Å². The number of hydrogen-bond acceptors (Lipinski definition) is 5. The summed E-state index contributed by atoms with van der Waals surface area (Å²) in [5.41, 5.74) is 0.545. The number of carbonyl (C=O) groups is 2. The minimum Gasteiger partial charge on any atom is -0.454 e. The number of aryl methyl sites for hydroxylation is 1. The zero-order chi connectivity index (χ0) is 18.1. The fourth-order valence-electron chi connectivity index (χ4n) is 3.11. The molecule has 4 rings (SSSR count). The summed E-state index contributed by atoms with van der Waals surface area (Å²) >= 11 is 0. The van der Waals surface area contributed by atoms with E-state index in [-0.39, 0.29) is 24.5 Å². The summed E-state index contributed by atoms with van der Waals surface area (Å²) in [5.74, 6) is 1.88. The van der Waals surface area contributed by atoms with E-state index in [4.69, 9.17) is 9.47 Å². The fraction of sp³-hybridized carbons (Fsp3) is 0.389. The lowest BCUT2D eigenvalue weighted by Crippen LogP contribution is -2.55. The average molecular weight is 356 g/mol. The molecule has 0 saturated carbocycles. The molecule has 0 unspecified atom stereocenters. The molecule has 0 aliphatic carbocycles. The number of nitrogens with zero attached hydrogens (tertiary/aromatic N) is 3. The van der Waals surface area contributed by atoms with Crippen LogP contribution in [0.2, 0.25) is 0 Å². The van der Waals surface area contributed by atoms with Crippen LogP contribution in [0.1, 0.15) is 16.2 Å². The van der Waals surface area contributed by atoms with Gasteiger partial charge >= 0.3 is 0 Å². The highest BCUT2D eigenvalue weighted by molar-refractivity contribution is 5.96. The Morgan fingerprint density at radius 2 is 2.08 bits per heavy atom. The van der Waals surface area contributed by atoms with E-state index < -0.39 is 0 Å². The van der Waals surface area contributed by atoms with Gasteiger partial charge in [-0.25, -0.2) is 4.98 Å². The second kappa shape index (κ2) is 6.70. The molecule has 136 valence electrons. The minimum absolute atomic E-state index is 0.0162. The Morgan fingerprint density at radius 1 is 1.27 bits per heavy atom. The smallest absolute Gasteiger partial charge is 0.254 e. The first-order valence-corrected chi connectivity index (χ1v) is 8.56. The maximum absolute atomic E-state index is 12.5. The van der Waals surface area contributed by atoms with Gasteiger partial charge in [0.1, 0.15) is 5.82 Å². The van der Waals surface area contributed by atoms with Gasteiger partial charge in [-0.2, -0.15) is 0 Å². The molecule has 0 radical (unpaired) electrons. The van der Waals surface area contributed by atoms with Crippen molar-refractivity contribution in [2.75, 3.05) is 26.4 Å². The molecule has 0 atom stereocenters. The summed E-state index contributed by atoms with van der Waals surface area (Å²) in [4.78, 5) is 30.5. The first-order chi connectivity index (χ1) is 12.6. The number of nitrogens with one attached hydrogen (secondary N) is 1. The Kier molecular flexibility index (Phi) is 4.24. The first-order valence-electron chi connectivity index (χ1n) is 8.56. The minimum atomic E-state index is -0.156. The van der Waals surface area contributed by atoms with Crippen molar-refractivity contribution in [3.63, 3.8) is 0 Å². The summed E-state index contributed by atoms with van der Waals surface area (Å²) < 4.78 is 12.5. The SMILES string of the molecule is Cc1nccn1CCNC(=O)C1CN(C(=O)c2ccc3c(c2)OCO3)C1. The number of ether oxygens (including phenoxy) is 2. The van der Waals surface area contributed by atoms with Gasteiger partial charge in [0.2, 0.25) is 12.7 Å². The molecule has 2 aliphatic heterocycles. The molecule has 2 aromatic rings. The van der Waals surface area contributed by atoms with Gasteiger partial charge in [0.25, 0.3) is 5.91 Å². The van der Waals surface area contributed by atoms with E-state index in [1.54, 1.807) is 29.3 Å². The Hall–Kier alpha value is -3.03. The number of imidazole rings is 1. The van der Waals surface area contributed by atoms with Gasteiger partial charge in [-0.1, -0.05) is 0 Å². The zero-order valence-corrected chi connectivity index (χ0v) is 14.5. The van der Waals surface area contributed by atoms with E-state index in [1.807, 2.05) is 17.7 Å². The third-order valence-electron chi connectivity index (χ3n) is 4.73. The maximum atomic E-state index is 12.5. The van der Waals surface area contributed by atoms with E-state index >= 15 is 0 Å². The van der Waals surface area contributed by atoms with Gasteiger partial charge in [0.05, 0.1) is 5.92 Å². The average Bonchev–Trinajstić information content (AvgIpc) is 3.21. The van der Waals surface area contributed by atoms with E-state index in [1.165, 1.54) is 0 Å². The van der Waals surface area contributed by atoms with Crippen molar-refractivity contribution in [2.45, 2.75) is 13.5 Å². The molecular weight excluding hydrogens is 336 g/mol. The third-order valence-corrected chi connectivity index (χ3v) is 4.73. The topological polar surface area (TPSA) is 85.7 Å².